The first kappa shape index (κ1) is 25.4. The van der Waals surface area contributed by atoms with Crippen LogP contribution in [0.4, 0.5) is 0 Å². The summed E-state index contributed by atoms with van der Waals surface area (Å²) < 4.78 is 5.60. The first-order valence-corrected chi connectivity index (χ1v) is 9.49. The second kappa shape index (κ2) is 12.8. The number of nitrogens with zero attached hydrogens (tertiary/aromatic N) is 2. The topological polar surface area (TPSA) is 66.0 Å². The molecular formula is C19H39IN4O2. The smallest absolute Gasteiger partial charge is 0.243 e. The molecule has 154 valence electrons. The van der Waals surface area contributed by atoms with Crippen molar-refractivity contribution in [3.8, 4) is 0 Å². The minimum atomic E-state index is -0.00196. The fraction of sp³-hybridized carbons (Fsp3) is 0.895. The Hall–Kier alpha value is -0.570. The zero-order chi connectivity index (χ0) is 18.9. The summed E-state index contributed by atoms with van der Waals surface area (Å²) in [7, 11) is 5.24. The highest BCUT2D eigenvalue weighted by Crippen LogP contribution is 2.23. The highest BCUT2D eigenvalue weighted by atomic mass is 127. The molecule has 1 aliphatic rings. The van der Waals surface area contributed by atoms with E-state index in [-0.39, 0.29) is 47.9 Å². The van der Waals surface area contributed by atoms with Gasteiger partial charge in [-0.2, -0.15) is 0 Å². The highest BCUT2D eigenvalue weighted by molar-refractivity contribution is 14.0. The molecule has 1 unspecified atom stereocenters. The van der Waals surface area contributed by atoms with Crippen molar-refractivity contribution in [2.75, 3.05) is 40.8 Å². The highest BCUT2D eigenvalue weighted by Gasteiger charge is 2.24. The van der Waals surface area contributed by atoms with E-state index in [1.807, 2.05) is 0 Å². The minimum Gasteiger partial charge on any atom is -0.379 e. The molecule has 0 spiro atoms. The summed E-state index contributed by atoms with van der Waals surface area (Å²) in [5.74, 6) is 1.40. The molecule has 0 aromatic rings. The minimum absolute atomic E-state index is 0. The van der Waals surface area contributed by atoms with Crippen molar-refractivity contribution in [2.45, 2.75) is 59.0 Å². The molecule has 0 aromatic heterocycles. The van der Waals surface area contributed by atoms with E-state index in [0.717, 1.165) is 6.54 Å². The Morgan fingerprint density at radius 2 is 1.81 bits per heavy atom. The molecule has 0 radical (unpaired) electrons. The number of rotatable bonds is 7. The van der Waals surface area contributed by atoms with Crippen LogP contribution in [0.3, 0.4) is 0 Å². The number of ether oxygens (including phenoxy) is 1. The number of methoxy groups -OCH3 is 1. The maximum Gasteiger partial charge on any atom is 0.243 e. The average Bonchev–Trinajstić information content (AvgIpc) is 2.56. The lowest BCUT2D eigenvalue weighted by Crippen LogP contribution is -2.46. The van der Waals surface area contributed by atoms with Crippen molar-refractivity contribution in [1.29, 1.82) is 0 Å². The van der Waals surface area contributed by atoms with Crippen LogP contribution in [-0.2, 0) is 9.53 Å². The molecule has 0 bridgehead atoms. The van der Waals surface area contributed by atoms with E-state index in [0.29, 0.717) is 18.4 Å². The van der Waals surface area contributed by atoms with E-state index in [1.54, 1.807) is 26.1 Å². The number of likely N-dealkylation sites (N-methyl/N-ethyl adjacent to an activating group) is 1. The molecule has 1 aliphatic carbocycles. The molecule has 2 N–H and O–H groups in total. The van der Waals surface area contributed by atoms with Crippen molar-refractivity contribution in [3.05, 3.63) is 0 Å². The van der Waals surface area contributed by atoms with Gasteiger partial charge in [0.25, 0.3) is 0 Å². The second-order valence-corrected chi connectivity index (χ2v) is 8.31. The summed E-state index contributed by atoms with van der Waals surface area (Å²) >= 11 is 0. The first-order valence-electron chi connectivity index (χ1n) is 9.49. The molecule has 1 fully saturated rings. The van der Waals surface area contributed by atoms with Crippen LogP contribution < -0.4 is 10.6 Å². The fourth-order valence-corrected chi connectivity index (χ4v) is 3.03. The van der Waals surface area contributed by atoms with E-state index in [4.69, 9.17) is 4.74 Å². The summed E-state index contributed by atoms with van der Waals surface area (Å²) in [5, 5.41) is 6.78. The van der Waals surface area contributed by atoms with E-state index in [9.17, 15) is 4.79 Å². The van der Waals surface area contributed by atoms with Crippen LogP contribution in [0.2, 0.25) is 0 Å². The van der Waals surface area contributed by atoms with Crippen molar-refractivity contribution in [1.82, 2.24) is 15.5 Å². The van der Waals surface area contributed by atoms with Crippen LogP contribution in [0.5, 0.6) is 0 Å². The lowest BCUT2D eigenvalue weighted by molar-refractivity contribution is -0.127. The molecular weight excluding hydrogens is 443 g/mol. The Labute approximate surface area is 176 Å². The molecule has 0 aromatic carbocycles. The van der Waals surface area contributed by atoms with E-state index in [1.165, 1.54) is 32.1 Å². The maximum atomic E-state index is 11.8. The number of nitrogens with one attached hydrogen (secondary N) is 2. The van der Waals surface area contributed by atoms with Gasteiger partial charge in [-0.05, 0) is 24.2 Å². The number of aliphatic imine (C=N–C) groups is 1. The maximum absolute atomic E-state index is 11.8. The molecule has 0 heterocycles. The number of guanidine groups is 1. The number of hydrogen-bond donors (Lipinski definition) is 2. The molecule has 6 nitrogen and oxygen atoms in total. The quantitative estimate of drug-likeness (QED) is 0.333. The first-order chi connectivity index (χ1) is 11.7. The molecule has 1 atom stereocenters. The summed E-state index contributed by atoms with van der Waals surface area (Å²) in [6, 6.07) is 0. The van der Waals surface area contributed by atoms with Crippen LogP contribution in [-0.4, -0.2) is 63.7 Å². The van der Waals surface area contributed by atoms with Crippen LogP contribution in [0, 0.1) is 11.3 Å². The van der Waals surface area contributed by atoms with E-state index < -0.39 is 0 Å². The number of carbonyl (C=O) groups excluding carboxylic acids is 1. The lowest BCUT2D eigenvalue weighted by atomic mass is 9.89. The summed E-state index contributed by atoms with van der Waals surface area (Å²) in [6.07, 6.45) is 6.62. The Balaban J connectivity index is 0.00000625. The third-order valence-electron chi connectivity index (χ3n) is 4.86. The van der Waals surface area contributed by atoms with Gasteiger partial charge in [-0.1, -0.05) is 40.0 Å². The van der Waals surface area contributed by atoms with Crippen LogP contribution >= 0.6 is 24.0 Å². The fourth-order valence-electron chi connectivity index (χ4n) is 3.03. The second-order valence-electron chi connectivity index (χ2n) is 8.31. The zero-order valence-corrected chi connectivity index (χ0v) is 19.8. The van der Waals surface area contributed by atoms with Gasteiger partial charge < -0.3 is 20.3 Å². The van der Waals surface area contributed by atoms with Gasteiger partial charge in [0.1, 0.15) is 6.54 Å². The van der Waals surface area contributed by atoms with Crippen molar-refractivity contribution < 1.29 is 9.53 Å². The number of hydrogen-bond acceptors (Lipinski definition) is 3. The largest absolute Gasteiger partial charge is 0.379 e. The van der Waals surface area contributed by atoms with Crippen molar-refractivity contribution >= 4 is 35.8 Å². The van der Waals surface area contributed by atoms with Crippen LogP contribution in [0.25, 0.3) is 0 Å². The monoisotopic (exact) mass is 482 g/mol. The zero-order valence-electron chi connectivity index (χ0n) is 17.4. The number of carbonyl (C=O) groups is 1. The lowest BCUT2D eigenvalue weighted by Gasteiger charge is -2.30. The molecule has 7 heteroatoms. The normalized spacial score (nSPS) is 17.2. The Bertz CT molecular complexity index is 430. The standard InChI is InChI=1S/C19H38N4O2.HI/c1-19(2,3)16(25-6)13-21-18(22-14-17(24)23(4)5)20-12-15-10-8-7-9-11-15;/h15-16H,7-14H2,1-6H3,(H2,20,21,22);1H. The van der Waals surface area contributed by atoms with Crippen LogP contribution in [0.15, 0.2) is 4.99 Å². The number of halogens is 1. The predicted molar refractivity (Wildman–Crippen MR) is 119 cm³/mol. The Morgan fingerprint density at radius 3 is 2.31 bits per heavy atom. The molecule has 1 saturated carbocycles. The predicted octanol–water partition coefficient (Wildman–Crippen LogP) is 2.87. The summed E-state index contributed by atoms with van der Waals surface area (Å²) in [4.78, 5) is 17.9. The number of amides is 1. The Kier molecular flexibility index (Phi) is 12.5. The van der Waals surface area contributed by atoms with Gasteiger partial charge in [0, 0.05) is 34.3 Å². The molecule has 0 aliphatic heterocycles. The van der Waals surface area contributed by atoms with Gasteiger partial charge in [0.2, 0.25) is 5.91 Å². The van der Waals surface area contributed by atoms with Gasteiger partial charge in [0.15, 0.2) is 5.96 Å². The van der Waals surface area contributed by atoms with Crippen molar-refractivity contribution in [2.24, 2.45) is 16.3 Å². The van der Waals surface area contributed by atoms with Crippen molar-refractivity contribution in [3.63, 3.8) is 0 Å². The van der Waals surface area contributed by atoms with Gasteiger partial charge >= 0.3 is 0 Å². The SMILES string of the molecule is COC(CNC(=NCC(=O)N(C)C)NCC1CCCCC1)C(C)(C)C.I. The summed E-state index contributed by atoms with van der Waals surface area (Å²) in [6.45, 7) is 8.20. The third-order valence-corrected chi connectivity index (χ3v) is 4.86. The van der Waals surface area contributed by atoms with E-state index >= 15 is 0 Å². The van der Waals surface area contributed by atoms with Gasteiger partial charge in [-0.25, -0.2) is 4.99 Å². The van der Waals surface area contributed by atoms with E-state index in [2.05, 4.69) is 36.4 Å². The summed E-state index contributed by atoms with van der Waals surface area (Å²) in [5.41, 5.74) is 0.0374. The molecule has 26 heavy (non-hydrogen) atoms. The average molecular weight is 482 g/mol. The van der Waals surface area contributed by atoms with Crippen LogP contribution in [0.1, 0.15) is 52.9 Å². The Morgan fingerprint density at radius 1 is 1.19 bits per heavy atom. The van der Waals surface area contributed by atoms with Gasteiger partial charge in [-0.15, -0.1) is 24.0 Å². The molecule has 1 rings (SSSR count). The molecule has 1 amide bonds. The van der Waals surface area contributed by atoms with Gasteiger partial charge in [-0.3, -0.25) is 4.79 Å². The molecule has 0 saturated heterocycles. The third kappa shape index (κ3) is 9.94. The van der Waals surface area contributed by atoms with Gasteiger partial charge in [0.05, 0.1) is 6.10 Å².